The van der Waals surface area contributed by atoms with Crippen LogP contribution in [0.15, 0.2) is 18.2 Å². The highest BCUT2D eigenvalue weighted by molar-refractivity contribution is 9.09. The van der Waals surface area contributed by atoms with Crippen LogP contribution in [0, 0.1) is 5.82 Å². The highest BCUT2D eigenvalue weighted by Crippen LogP contribution is 2.24. The van der Waals surface area contributed by atoms with Gasteiger partial charge in [-0.1, -0.05) is 85.5 Å². The third kappa shape index (κ3) is 7.08. The predicted octanol–water partition coefficient (Wildman–Crippen LogP) is 6.93. The maximum Gasteiger partial charge on any atom is 0.127 e. The van der Waals surface area contributed by atoms with E-state index in [9.17, 15) is 4.39 Å². The number of benzene rings is 1. The van der Waals surface area contributed by atoms with Gasteiger partial charge >= 0.3 is 0 Å². The molecule has 0 heterocycles. The summed E-state index contributed by atoms with van der Waals surface area (Å²) in [7, 11) is 0. The second-order valence-electron chi connectivity index (χ2n) is 5.41. The van der Waals surface area contributed by atoms with Gasteiger partial charge < -0.3 is 0 Å². The molecular weight excluding hydrogens is 339 g/mol. The fourth-order valence-electron chi connectivity index (χ4n) is 2.37. The molecule has 3 heteroatoms. The standard InChI is InChI=1S/C17H25BrClF/c1-2-3-4-5-6-7-8-10-14(18)13-15-16(19)11-9-12-17(15)20/h9,11-12,14H,2-8,10,13H2,1H3. The van der Waals surface area contributed by atoms with E-state index in [0.29, 0.717) is 21.8 Å². The first-order chi connectivity index (χ1) is 9.65. The summed E-state index contributed by atoms with van der Waals surface area (Å²) in [5.41, 5.74) is 0.638. The van der Waals surface area contributed by atoms with Gasteiger partial charge in [0.15, 0.2) is 0 Å². The molecule has 0 fully saturated rings. The monoisotopic (exact) mass is 362 g/mol. The molecule has 0 aromatic heterocycles. The van der Waals surface area contributed by atoms with Gasteiger partial charge in [0, 0.05) is 15.4 Å². The maximum absolute atomic E-state index is 13.7. The van der Waals surface area contributed by atoms with Crippen molar-refractivity contribution < 1.29 is 4.39 Å². The van der Waals surface area contributed by atoms with Crippen LogP contribution >= 0.6 is 27.5 Å². The van der Waals surface area contributed by atoms with Crippen LogP contribution in [0.25, 0.3) is 0 Å². The van der Waals surface area contributed by atoms with Crippen LogP contribution in [-0.2, 0) is 6.42 Å². The Morgan fingerprint density at radius 2 is 1.75 bits per heavy atom. The lowest BCUT2D eigenvalue weighted by atomic mass is 10.0. The van der Waals surface area contributed by atoms with Crippen molar-refractivity contribution in [3.05, 3.63) is 34.6 Å². The summed E-state index contributed by atoms with van der Waals surface area (Å²) in [6.07, 6.45) is 10.9. The van der Waals surface area contributed by atoms with E-state index >= 15 is 0 Å². The van der Waals surface area contributed by atoms with Crippen LogP contribution in [-0.4, -0.2) is 4.83 Å². The molecule has 1 aromatic carbocycles. The Bertz CT molecular complexity index is 361. The Labute approximate surface area is 136 Å². The Hall–Kier alpha value is -0.0800. The average Bonchev–Trinajstić information content (AvgIpc) is 2.42. The van der Waals surface area contributed by atoms with Crippen molar-refractivity contribution >= 4 is 27.5 Å². The van der Waals surface area contributed by atoms with Gasteiger partial charge in [-0.3, -0.25) is 0 Å². The molecule has 0 saturated heterocycles. The lowest BCUT2D eigenvalue weighted by molar-refractivity contribution is 0.564. The van der Waals surface area contributed by atoms with E-state index in [1.165, 1.54) is 51.0 Å². The molecule has 1 unspecified atom stereocenters. The summed E-state index contributed by atoms with van der Waals surface area (Å²) in [5, 5.41) is 0.536. The zero-order valence-corrected chi connectivity index (χ0v) is 14.6. The Balaban J connectivity index is 2.19. The largest absolute Gasteiger partial charge is 0.207 e. The molecule has 0 radical (unpaired) electrons. The zero-order chi connectivity index (χ0) is 14.8. The SMILES string of the molecule is CCCCCCCCCC(Br)Cc1c(F)cccc1Cl. The number of rotatable bonds is 10. The van der Waals surface area contributed by atoms with E-state index in [2.05, 4.69) is 22.9 Å². The fourth-order valence-corrected chi connectivity index (χ4v) is 3.26. The van der Waals surface area contributed by atoms with E-state index in [1.54, 1.807) is 12.1 Å². The Kier molecular flexibility index (Phi) is 9.54. The number of alkyl halides is 1. The molecular formula is C17H25BrClF. The lowest BCUT2D eigenvalue weighted by Gasteiger charge is -2.11. The molecule has 0 N–H and O–H groups in total. The van der Waals surface area contributed by atoms with Gasteiger partial charge in [0.1, 0.15) is 5.82 Å². The summed E-state index contributed by atoms with van der Waals surface area (Å²) in [5.74, 6) is -0.193. The van der Waals surface area contributed by atoms with Crippen LogP contribution in [0.1, 0.15) is 63.9 Å². The van der Waals surface area contributed by atoms with E-state index in [-0.39, 0.29) is 5.82 Å². The topological polar surface area (TPSA) is 0 Å². The van der Waals surface area contributed by atoms with Crippen molar-refractivity contribution in [3.63, 3.8) is 0 Å². The van der Waals surface area contributed by atoms with Crippen LogP contribution < -0.4 is 0 Å². The summed E-state index contributed by atoms with van der Waals surface area (Å²) >= 11 is 9.70. The van der Waals surface area contributed by atoms with Crippen LogP contribution in [0.3, 0.4) is 0 Å². The molecule has 20 heavy (non-hydrogen) atoms. The van der Waals surface area contributed by atoms with Gasteiger partial charge in [0.25, 0.3) is 0 Å². The molecule has 0 aliphatic heterocycles. The van der Waals surface area contributed by atoms with Crippen molar-refractivity contribution in [1.29, 1.82) is 0 Å². The summed E-state index contributed by atoms with van der Waals surface area (Å²) in [4.78, 5) is 0.313. The van der Waals surface area contributed by atoms with Crippen molar-refractivity contribution in [3.8, 4) is 0 Å². The molecule has 0 bridgehead atoms. The highest BCUT2D eigenvalue weighted by atomic mass is 79.9. The first-order valence-electron chi connectivity index (χ1n) is 7.72. The van der Waals surface area contributed by atoms with Crippen molar-refractivity contribution in [2.75, 3.05) is 0 Å². The smallest absolute Gasteiger partial charge is 0.127 e. The average molecular weight is 364 g/mol. The summed E-state index contributed by atoms with van der Waals surface area (Å²) in [6, 6.07) is 4.89. The molecule has 0 saturated carbocycles. The van der Waals surface area contributed by atoms with E-state index in [1.807, 2.05) is 0 Å². The van der Waals surface area contributed by atoms with Crippen molar-refractivity contribution in [2.24, 2.45) is 0 Å². The minimum atomic E-state index is -0.193. The number of unbranched alkanes of at least 4 members (excludes halogenated alkanes) is 6. The molecule has 1 rings (SSSR count). The molecule has 0 nitrogen and oxygen atoms in total. The highest BCUT2D eigenvalue weighted by Gasteiger charge is 2.12. The first-order valence-corrected chi connectivity index (χ1v) is 9.01. The number of halogens is 3. The van der Waals surface area contributed by atoms with Gasteiger partial charge in [-0.25, -0.2) is 4.39 Å². The molecule has 114 valence electrons. The fraction of sp³-hybridized carbons (Fsp3) is 0.647. The Morgan fingerprint density at radius 1 is 1.10 bits per heavy atom. The predicted molar refractivity (Wildman–Crippen MR) is 90.4 cm³/mol. The van der Waals surface area contributed by atoms with E-state index in [0.717, 1.165) is 6.42 Å². The molecule has 0 aliphatic rings. The Morgan fingerprint density at radius 3 is 2.40 bits per heavy atom. The first kappa shape index (κ1) is 18.0. The number of hydrogen-bond donors (Lipinski definition) is 0. The summed E-state index contributed by atoms with van der Waals surface area (Å²) < 4.78 is 13.7. The van der Waals surface area contributed by atoms with Gasteiger partial charge in [-0.05, 0) is 25.0 Å². The molecule has 1 aromatic rings. The molecule has 0 amide bonds. The normalized spacial score (nSPS) is 12.6. The van der Waals surface area contributed by atoms with Gasteiger partial charge in [-0.15, -0.1) is 0 Å². The molecule has 0 spiro atoms. The zero-order valence-electron chi connectivity index (χ0n) is 12.3. The quantitative estimate of drug-likeness (QED) is 0.312. The molecule has 0 aliphatic carbocycles. The van der Waals surface area contributed by atoms with Crippen LogP contribution in [0.4, 0.5) is 4.39 Å². The van der Waals surface area contributed by atoms with E-state index < -0.39 is 0 Å². The second-order valence-corrected chi connectivity index (χ2v) is 7.11. The van der Waals surface area contributed by atoms with Crippen molar-refractivity contribution in [1.82, 2.24) is 0 Å². The van der Waals surface area contributed by atoms with Crippen LogP contribution in [0.2, 0.25) is 5.02 Å². The lowest BCUT2D eigenvalue weighted by Crippen LogP contribution is -2.05. The second kappa shape index (κ2) is 10.6. The number of hydrogen-bond acceptors (Lipinski definition) is 0. The molecule has 1 atom stereocenters. The third-order valence-corrected chi connectivity index (χ3v) is 4.74. The van der Waals surface area contributed by atoms with Gasteiger partial charge in [0.05, 0.1) is 0 Å². The minimum absolute atomic E-state index is 0.193. The summed E-state index contributed by atoms with van der Waals surface area (Å²) in [6.45, 7) is 2.24. The van der Waals surface area contributed by atoms with Crippen molar-refractivity contribution in [2.45, 2.75) is 69.5 Å². The van der Waals surface area contributed by atoms with E-state index in [4.69, 9.17) is 11.6 Å². The van der Waals surface area contributed by atoms with Crippen LogP contribution in [0.5, 0.6) is 0 Å². The van der Waals surface area contributed by atoms with Gasteiger partial charge in [-0.2, -0.15) is 0 Å². The minimum Gasteiger partial charge on any atom is -0.207 e. The maximum atomic E-state index is 13.7. The third-order valence-electron chi connectivity index (χ3n) is 3.61. The van der Waals surface area contributed by atoms with Gasteiger partial charge in [0.2, 0.25) is 0 Å².